The molecule has 13 heavy (non-hydrogen) atoms. The molecule has 0 aliphatic heterocycles. The molecule has 0 aromatic carbocycles. The molecule has 0 saturated carbocycles. The second kappa shape index (κ2) is 4.28. The molecule has 0 heterocycles. The molecule has 0 rings (SSSR count). The maximum atomic E-state index is 5.63. The van der Waals surface area contributed by atoms with Crippen LogP contribution in [0.15, 0.2) is 12.2 Å². The Bertz CT molecular complexity index is 167. The normalized spacial score (nSPS) is 13.1. The molecule has 0 N–H and O–H groups in total. The van der Waals surface area contributed by atoms with Crippen LogP contribution in [0.5, 0.6) is 0 Å². The molecule has 0 spiro atoms. The molecule has 1 nitrogen and oxygen atoms in total. The molecule has 0 unspecified atom stereocenters. The molecule has 78 valence electrons. The second-order valence-corrected chi connectivity index (χ2v) is 5.56. The van der Waals surface area contributed by atoms with Gasteiger partial charge >= 0.3 is 0 Å². The zero-order valence-corrected chi connectivity index (χ0v) is 10.0. The fourth-order valence-electron chi connectivity index (χ4n) is 0.855. The van der Waals surface area contributed by atoms with Crippen LogP contribution in [-0.2, 0) is 4.74 Å². The van der Waals surface area contributed by atoms with Crippen LogP contribution < -0.4 is 0 Å². The van der Waals surface area contributed by atoms with E-state index in [-0.39, 0.29) is 11.0 Å². The predicted molar refractivity (Wildman–Crippen MR) is 58.9 cm³/mol. The van der Waals surface area contributed by atoms with E-state index in [4.69, 9.17) is 4.74 Å². The SMILES string of the molecule is C=C(CCOC(C)(C)C)C(C)(C)C. The van der Waals surface area contributed by atoms with E-state index in [1.54, 1.807) is 0 Å². The number of rotatable bonds is 3. The molecule has 0 amide bonds. The standard InChI is InChI=1S/C12H24O/c1-10(11(2,3)4)8-9-13-12(5,6)7/h1,8-9H2,2-7H3. The van der Waals surface area contributed by atoms with Crippen LogP contribution in [0.25, 0.3) is 0 Å². The van der Waals surface area contributed by atoms with Crippen LogP contribution in [0.1, 0.15) is 48.0 Å². The maximum Gasteiger partial charge on any atom is 0.0598 e. The molecule has 0 bridgehead atoms. The highest BCUT2D eigenvalue weighted by atomic mass is 16.5. The van der Waals surface area contributed by atoms with E-state index in [1.807, 2.05) is 0 Å². The van der Waals surface area contributed by atoms with Gasteiger partial charge in [-0.05, 0) is 32.6 Å². The molecular weight excluding hydrogens is 160 g/mol. The quantitative estimate of drug-likeness (QED) is 0.606. The Kier molecular flexibility index (Phi) is 4.18. The molecule has 0 saturated heterocycles. The Balaban J connectivity index is 3.74. The highest BCUT2D eigenvalue weighted by Crippen LogP contribution is 2.26. The van der Waals surface area contributed by atoms with Crippen LogP contribution in [0.3, 0.4) is 0 Å². The van der Waals surface area contributed by atoms with Gasteiger partial charge in [0.25, 0.3) is 0 Å². The van der Waals surface area contributed by atoms with Crippen molar-refractivity contribution < 1.29 is 4.74 Å². The van der Waals surface area contributed by atoms with Crippen molar-refractivity contribution in [3.63, 3.8) is 0 Å². The Morgan fingerprint density at radius 3 is 1.85 bits per heavy atom. The minimum atomic E-state index is -0.0296. The molecule has 0 aliphatic rings. The van der Waals surface area contributed by atoms with Gasteiger partial charge in [0.05, 0.1) is 12.2 Å². The van der Waals surface area contributed by atoms with E-state index < -0.39 is 0 Å². The lowest BCUT2D eigenvalue weighted by Crippen LogP contribution is -2.21. The summed E-state index contributed by atoms with van der Waals surface area (Å²) in [5, 5.41) is 0. The summed E-state index contributed by atoms with van der Waals surface area (Å²) < 4.78 is 5.63. The van der Waals surface area contributed by atoms with Gasteiger partial charge in [-0.25, -0.2) is 0 Å². The van der Waals surface area contributed by atoms with Gasteiger partial charge in [0.2, 0.25) is 0 Å². The average molecular weight is 184 g/mol. The Hall–Kier alpha value is -0.300. The topological polar surface area (TPSA) is 9.23 Å². The monoisotopic (exact) mass is 184 g/mol. The van der Waals surface area contributed by atoms with Crippen molar-refractivity contribution in [3.05, 3.63) is 12.2 Å². The van der Waals surface area contributed by atoms with Crippen molar-refractivity contribution in [1.82, 2.24) is 0 Å². The van der Waals surface area contributed by atoms with Crippen LogP contribution in [0, 0.1) is 5.41 Å². The Labute approximate surface area is 83.2 Å². The fraction of sp³-hybridized carbons (Fsp3) is 0.833. The first kappa shape index (κ1) is 12.7. The summed E-state index contributed by atoms with van der Waals surface area (Å²) in [6.45, 7) is 17.6. The summed E-state index contributed by atoms with van der Waals surface area (Å²) >= 11 is 0. The molecule has 0 aromatic rings. The third-order valence-corrected chi connectivity index (χ3v) is 2.00. The van der Waals surface area contributed by atoms with Crippen molar-refractivity contribution in [2.75, 3.05) is 6.61 Å². The van der Waals surface area contributed by atoms with Crippen molar-refractivity contribution >= 4 is 0 Å². The summed E-state index contributed by atoms with van der Waals surface area (Å²) in [4.78, 5) is 0. The molecule has 1 heteroatoms. The lowest BCUT2D eigenvalue weighted by atomic mass is 9.86. The average Bonchev–Trinajstić information content (AvgIpc) is 1.82. The molecule has 0 atom stereocenters. The first-order valence-electron chi connectivity index (χ1n) is 4.95. The van der Waals surface area contributed by atoms with Gasteiger partial charge in [0, 0.05) is 0 Å². The van der Waals surface area contributed by atoms with E-state index in [0.29, 0.717) is 0 Å². The number of hydrogen-bond acceptors (Lipinski definition) is 1. The summed E-state index contributed by atoms with van der Waals surface area (Å²) in [7, 11) is 0. The van der Waals surface area contributed by atoms with Crippen LogP contribution in [-0.4, -0.2) is 12.2 Å². The van der Waals surface area contributed by atoms with Crippen LogP contribution in [0.2, 0.25) is 0 Å². The predicted octanol–water partition coefficient (Wildman–Crippen LogP) is 3.79. The van der Waals surface area contributed by atoms with E-state index in [2.05, 4.69) is 48.1 Å². The molecule has 0 aromatic heterocycles. The number of ether oxygens (including phenoxy) is 1. The summed E-state index contributed by atoms with van der Waals surface area (Å²) in [5.41, 5.74) is 1.44. The zero-order chi connectivity index (χ0) is 10.7. The lowest BCUT2D eigenvalue weighted by molar-refractivity contribution is -0.00213. The first-order chi connectivity index (χ1) is 5.63. The summed E-state index contributed by atoms with van der Waals surface area (Å²) in [6, 6.07) is 0. The van der Waals surface area contributed by atoms with E-state index in [9.17, 15) is 0 Å². The van der Waals surface area contributed by atoms with Crippen molar-refractivity contribution in [3.8, 4) is 0 Å². The van der Waals surface area contributed by atoms with Gasteiger partial charge < -0.3 is 4.74 Å². The van der Waals surface area contributed by atoms with Crippen LogP contribution >= 0.6 is 0 Å². The van der Waals surface area contributed by atoms with Gasteiger partial charge in [-0.3, -0.25) is 0 Å². The Morgan fingerprint density at radius 1 is 1.08 bits per heavy atom. The summed E-state index contributed by atoms with van der Waals surface area (Å²) in [6.07, 6.45) is 0.959. The first-order valence-corrected chi connectivity index (χ1v) is 4.95. The summed E-state index contributed by atoms with van der Waals surface area (Å²) in [5.74, 6) is 0. The largest absolute Gasteiger partial charge is 0.376 e. The van der Waals surface area contributed by atoms with E-state index in [0.717, 1.165) is 13.0 Å². The zero-order valence-electron chi connectivity index (χ0n) is 10.0. The van der Waals surface area contributed by atoms with Gasteiger partial charge in [-0.15, -0.1) is 0 Å². The van der Waals surface area contributed by atoms with Crippen molar-refractivity contribution in [2.24, 2.45) is 5.41 Å². The van der Waals surface area contributed by atoms with Crippen molar-refractivity contribution in [1.29, 1.82) is 0 Å². The van der Waals surface area contributed by atoms with Gasteiger partial charge in [0.15, 0.2) is 0 Å². The van der Waals surface area contributed by atoms with Gasteiger partial charge in [-0.2, -0.15) is 0 Å². The number of hydrogen-bond donors (Lipinski definition) is 0. The smallest absolute Gasteiger partial charge is 0.0598 e. The molecular formula is C12H24O. The maximum absolute atomic E-state index is 5.63. The van der Waals surface area contributed by atoms with Gasteiger partial charge in [0.1, 0.15) is 0 Å². The minimum absolute atomic E-state index is 0.0296. The highest BCUT2D eigenvalue weighted by molar-refractivity contribution is 5.04. The lowest BCUT2D eigenvalue weighted by Gasteiger charge is -2.24. The highest BCUT2D eigenvalue weighted by Gasteiger charge is 2.16. The Morgan fingerprint density at radius 2 is 1.54 bits per heavy atom. The third kappa shape index (κ3) is 6.83. The van der Waals surface area contributed by atoms with E-state index >= 15 is 0 Å². The minimum Gasteiger partial charge on any atom is -0.376 e. The molecule has 0 fully saturated rings. The van der Waals surface area contributed by atoms with Crippen LogP contribution in [0.4, 0.5) is 0 Å². The third-order valence-electron chi connectivity index (χ3n) is 2.00. The molecule has 0 aliphatic carbocycles. The van der Waals surface area contributed by atoms with E-state index in [1.165, 1.54) is 5.57 Å². The molecule has 0 radical (unpaired) electrons. The van der Waals surface area contributed by atoms with Gasteiger partial charge in [-0.1, -0.05) is 32.9 Å². The second-order valence-electron chi connectivity index (χ2n) is 5.56. The van der Waals surface area contributed by atoms with Crippen molar-refractivity contribution in [2.45, 2.75) is 53.6 Å². The fourth-order valence-corrected chi connectivity index (χ4v) is 0.855.